The third-order valence-electron chi connectivity index (χ3n) is 5.35. The molecular formula is C27H34N2O7. The SMILES string of the molecule is CC(C)(C)OC(=O)CCC(NC=O)C(=O)NCC(=O)O.COCC1c2ccccc2-c2ccccc21. The van der Waals surface area contributed by atoms with Crippen molar-refractivity contribution in [1.29, 1.82) is 0 Å². The van der Waals surface area contributed by atoms with E-state index in [1.54, 1.807) is 27.9 Å². The predicted octanol–water partition coefficient (Wildman–Crippen LogP) is 2.87. The monoisotopic (exact) mass is 498 g/mol. The van der Waals surface area contributed by atoms with Crippen molar-refractivity contribution in [2.24, 2.45) is 0 Å². The first-order valence-electron chi connectivity index (χ1n) is 11.7. The highest BCUT2D eigenvalue weighted by Gasteiger charge is 2.27. The summed E-state index contributed by atoms with van der Waals surface area (Å²) in [4.78, 5) is 43.8. The van der Waals surface area contributed by atoms with Gasteiger partial charge in [-0.25, -0.2) is 0 Å². The number of hydrogen-bond donors (Lipinski definition) is 3. The number of methoxy groups -OCH3 is 1. The molecule has 0 saturated carbocycles. The fraction of sp³-hybridized carbons (Fsp3) is 0.407. The number of aliphatic carboxylic acids is 1. The van der Waals surface area contributed by atoms with Gasteiger partial charge in [0.2, 0.25) is 12.3 Å². The van der Waals surface area contributed by atoms with E-state index < -0.39 is 36.0 Å². The molecule has 0 saturated heterocycles. The van der Waals surface area contributed by atoms with Gasteiger partial charge in [0.05, 0.1) is 6.61 Å². The Labute approximate surface area is 211 Å². The van der Waals surface area contributed by atoms with Gasteiger partial charge in [-0.2, -0.15) is 0 Å². The maximum atomic E-state index is 11.6. The average molecular weight is 499 g/mol. The summed E-state index contributed by atoms with van der Waals surface area (Å²) in [6.07, 6.45) is 0.280. The van der Waals surface area contributed by atoms with Gasteiger partial charge in [0, 0.05) is 19.4 Å². The first kappa shape index (κ1) is 28.5. The van der Waals surface area contributed by atoms with E-state index in [4.69, 9.17) is 14.6 Å². The maximum Gasteiger partial charge on any atom is 0.322 e. The lowest BCUT2D eigenvalue weighted by Crippen LogP contribution is -2.45. The second kappa shape index (κ2) is 13.4. The molecule has 1 atom stereocenters. The van der Waals surface area contributed by atoms with E-state index in [2.05, 4.69) is 59.2 Å². The molecular weight excluding hydrogens is 464 g/mol. The van der Waals surface area contributed by atoms with Crippen LogP contribution in [-0.2, 0) is 28.7 Å². The molecule has 2 aromatic carbocycles. The number of carbonyl (C=O) groups excluding carboxylic acids is 3. The highest BCUT2D eigenvalue weighted by atomic mass is 16.6. The van der Waals surface area contributed by atoms with Crippen LogP contribution in [0.25, 0.3) is 11.1 Å². The number of carboxylic acid groups (broad SMARTS) is 1. The summed E-state index contributed by atoms with van der Waals surface area (Å²) in [7, 11) is 1.77. The van der Waals surface area contributed by atoms with Crippen molar-refractivity contribution in [2.45, 2.75) is 51.2 Å². The quantitative estimate of drug-likeness (QED) is 0.339. The Bertz CT molecular complexity index is 1020. The summed E-state index contributed by atoms with van der Waals surface area (Å²) < 4.78 is 10.4. The molecule has 0 heterocycles. The zero-order valence-electron chi connectivity index (χ0n) is 21.1. The Kier molecular flexibility index (Phi) is 10.6. The summed E-state index contributed by atoms with van der Waals surface area (Å²) in [5.74, 6) is -1.96. The number of ether oxygens (including phenoxy) is 2. The number of carbonyl (C=O) groups is 4. The molecule has 1 unspecified atom stereocenters. The lowest BCUT2D eigenvalue weighted by Gasteiger charge is -2.20. The number of nitrogens with one attached hydrogen (secondary N) is 2. The highest BCUT2D eigenvalue weighted by molar-refractivity contribution is 5.87. The Morgan fingerprint density at radius 1 is 1.03 bits per heavy atom. The zero-order valence-corrected chi connectivity index (χ0v) is 21.1. The Morgan fingerprint density at radius 2 is 1.58 bits per heavy atom. The second-order valence-electron chi connectivity index (χ2n) is 9.26. The smallest absolute Gasteiger partial charge is 0.322 e. The molecule has 2 aromatic rings. The van der Waals surface area contributed by atoms with Crippen molar-refractivity contribution in [1.82, 2.24) is 10.6 Å². The molecule has 1 aliphatic carbocycles. The molecule has 0 fully saturated rings. The van der Waals surface area contributed by atoms with Gasteiger partial charge in [-0.15, -0.1) is 0 Å². The van der Waals surface area contributed by atoms with E-state index in [1.165, 1.54) is 22.3 Å². The van der Waals surface area contributed by atoms with E-state index in [-0.39, 0.29) is 12.8 Å². The molecule has 9 nitrogen and oxygen atoms in total. The van der Waals surface area contributed by atoms with Gasteiger partial charge < -0.3 is 25.2 Å². The zero-order chi connectivity index (χ0) is 26.7. The number of benzene rings is 2. The van der Waals surface area contributed by atoms with Crippen LogP contribution in [0.15, 0.2) is 48.5 Å². The molecule has 36 heavy (non-hydrogen) atoms. The number of amides is 2. The van der Waals surface area contributed by atoms with E-state index in [1.807, 2.05) is 0 Å². The van der Waals surface area contributed by atoms with Crippen LogP contribution in [-0.4, -0.2) is 61.3 Å². The number of rotatable bonds is 10. The normalized spacial score (nSPS) is 12.8. The third-order valence-corrected chi connectivity index (χ3v) is 5.35. The molecule has 0 aromatic heterocycles. The molecule has 3 N–H and O–H groups in total. The van der Waals surface area contributed by atoms with Crippen LogP contribution in [0, 0.1) is 0 Å². The van der Waals surface area contributed by atoms with Crippen molar-refractivity contribution < 1.29 is 33.8 Å². The standard InChI is InChI=1S/C15H14O.C12H20N2O6/c1-16-10-15-13-8-4-2-6-11(13)12-7-3-5-9-14(12)15;1-12(2,3)20-10(18)5-4-8(14-7-15)11(19)13-6-9(16)17/h2-9,15H,10H2,1H3;7-8H,4-6H2,1-3H3,(H,13,19)(H,14,15)(H,16,17). The Hall–Kier alpha value is -3.72. The summed E-state index contributed by atoms with van der Waals surface area (Å²) in [5, 5.41) is 12.8. The third kappa shape index (κ3) is 8.49. The molecule has 2 amide bonds. The van der Waals surface area contributed by atoms with Gasteiger partial charge in [-0.05, 0) is 49.4 Å². The summed E-state index contributed by atoms with van der Waals surface area (Å²) in [5.41, 5.74) is 4.88. The van der Waals surface area contributed by atoms with E-state index in [0.29, 0.717) is 12.3 Å². The molecule has 9 heteroatoms. The van der Waals surface area contributed by atoms with Crippen LogP contribution >= 0.6 is 0 Å². The first-order chi connectivity index (χ1) is 17.1. The Morgan fingerprint density at radius 3 is 2.06 bits per heavy atom. The van der Waals surface area contributed by atoms with Crippen molar-refractivity contribution in [3.05, 3.63) is 59.7 Å². The molecule has 1 aliphatic rings. The van der Waals surface area contributed by atoms with E-state index in [9.17, 15) is 19.2 Å². The minimum absolute atomic E-state index is 0.0269. The maximum absolute atomic E-state index is 11.6. The molecule has 3 rings (SSSR count). The Balaban J connectivity index is 0.000000257. The summed E-state index contributed by atoms with van der Waals surface area (Å²) in [6.45, 7) is 5.35. The van der Waals surface area contributed by atoms with E-state index >= 15 is 0 Å². The molecule has 0 radical (unpaired) electrons. The number of esters is 1. The lowest BCUT2D eigenvalue weighted by atomic mass is 9.98. The van der Waals surface area contributed by atoms with Crippen LogP contribution < -0.4 is 10.6 Å². The van der Waals surface area contributed by atoms with Gasteiger partial charge in [0.15, 0.2) is 0 Å². The number of carboxylic acids is 1. The fourth-order valence-corrected chi connectivity index (χ4v) is 3.92. The van der Waals surface area contributed by atoms with Crippen LogP contribution in [0.3, 0.4) is 0 Å². The minimum atomic E-state index is -1.20. The van der Waals surface area contributed by atoms with Crippen LogP contribution in [0.4, 0.5) is 0 Å². The topological polar surface area (TPSA) is 131 Å². The van der Waals surface area contributed by atoms with Gasteiger partial charge in [0.25, 0.3) is 0 Å². The lowest BCUT2D eigenvalue weighted by molar-refractivity contribution is -0.155. The molecule has 194 valence electrons. The fourth-order valence-electron chi connectivity index (χ4n) is 3.92. The van der Waals surface area contributed by atoms with E-state index in [0.717, 1.165) is 6.61 Å². The summed E-state index contributed by atoms with van der Waals surface area (Å²) >= 11 is 0. The van der Waals surface area contributed by atoms with Crippen molar-refractivity contribution in [3.63, 3.8) is 0 Å². The molecule has 0 spiro atoms. The van der Waals surface area contributed by atoms with Crippen molar-refractivity contribution in [3.8, 4) is 11.1 Å². The van der Waals surface area contributed by atoms with Crippen LogP contribution in [0.5, 0.6) is 0 Å². The number of hydrogen-bond acceptors (Lipinski definition) is 6. The largest absolute Gasteiger partial charge is 0.480 e. The highest BCUT2D eigenvalue weighted by Crippen LogP contribution is 2.44. The van der Waals surface area contributed by atoms with Gasteiger partial charge in [-0.3, -0.25) is 19.2 Å². The molecule has 0 bridgehead atoms. The van der Waals surface area contributed by atoms with Crippen molar-refractivity contribution >= 4 is 24.3 Å². The summed E-state index contributed by atoms with van der Waals surface area (Å²) in [6, 6.07) is 16.3. The second-order valence-corrected chi connectivity index (χ2v) is 9.26. The van der Waals surface area contributed by atoms with Gasteiger partial charge >= 0.3 is 11.9 Å². The first-order valence-corrected chi connectivity index (χ1v) is 11.7. The minimum Gasteiger partial charge on any atom is -0.480 e. The van der Waals surface area contributed by atoms with Gasteiger partial charge in [-0.1, -0.05) is 48.5 Å². The average Bonchev–Trinajstić information content (AvgIpc) is 3.14. The van der Waals surface area contributed by atoms with Crippen LogP contribution in [0.1, 0.15) is 50.7 Å². The molecule has 0 aliphatic heterocycles. The van der Waals surface area contributed by atoms with Crippen molar-refractivity contribution in [2.75, 3.05) is 20.3 Å². The predicted molar refractivity (Wildman–Crippen MR) is 134 cm³/mol. The number of fused-ring (bicyclic) bond motifs is 3. The van der Waals surface area contributed by atoms with Crippen LogP contribution in [0.2, 0.25) is 0 Å². The van der Waals surface area contributed by atoms with Gasteiger partial charge in [0.1, 0.15) is 18.2 Å².